The van der Waals surface area contributed by atoms with Crippen LogP contribution in [0.2, 0.25) is 0 Å². The summed E-state index contributed by atoms with van der Waals surface area (Å²) < 4.78 is 32.6. The lowest BCUT2D eigenvalue weighted by molar-refractivity contribution is -0.125. The second kappa shape index (κ2) is 8.04. The molecule has 2 aliphatic rings. The van der Waals surface area contributed by atoms with E-state index in [1.807, 2.05) is 13.8 Å². The van der Waals surface area contributed by atoms with Crippen LogP contribution in [0.3, 0.4) is 0 Å². The van der Waals surface area contributed by atoms with Crippen molar-refractivity contribution in [3.05, 3.63) is 23.8 Å². The Kier molecular flexibility index (Phi) is 6.03. The highest BCUT2D eigenvalue weighted by molar-refractivity contribution is 7.89. The second-order valence-corrected chi connectivity index (χ2v) is 10.0. The molecular formula is C20H29N3O5S. The highest BCUT2D eigenvalue weighted by Gasteiger charge is 2.45. The van der Waals surface area contributed by atoms with Crippen LogP contribution in [0.15, 0.2) is 23.1 Å². The van der Waals surface area contributed by atoms with E-state index < -0.39 is 15.4 Å². The third kappa shape index (κ3) is 4.04. The van der Waals surface area contributed by atoms with Crippen LogP contribution < -0.4 is 10.2 Å². The molecule has 8 nitrogen and oxygen atoms in total. The zero-order valence-electron chi connectivity index (χ0n) is 17.4. The van der Waals surface area contributed by atoms with Gasteiger partial charge in [-0.05, 0) is 51.0 Å². The first-order chi connectivity index (χ1) is 13.6. The van der Waals surface area contributed by atoms with Crippen LogP contribution in [0.1, 0.15) is 39.7 Å². The summed E-state index contributed by atoms with van der Waals surface area (Å²) in [7, 11) is -3.67. The molecule has 2 amide bonds. The van der Waals surface area contributed by atoms with Crippen LogP contribution in [0.4, 0.5) is 5.69 Å². The van der Waals surface area contributed by atoms with Crippen LogP contribution in [0.5, 0.6) is 0 Å². The summed E-state index contributed by atoms with van der Waals surface area (Å²) in [5, 5.41) is 2.87. The van der Waals surface area contributed by atoms with E-state index in [2.05, 4.69) is 5.32 Å². The minimum atomic E-state index is -3.67. The van der Waals surface area contributed by atoms with Crippen molar-refractivity contribution < 1.29 is 22.7 Å². The number of nitrogens with one attached hydrogen (secondary N) is 1. The number of rotatable bonds is 6. The molecule has 1 saturated heterocycles. The molecule has 1 fully saturated rings. The maximum atomic E-state index is 13.0. The number of carbonyl (C=O) groups is 2. The van der Waals surface area contributed by atoms with Gasteiger partial charge < -0.3 is 15.0 Å². The van der Waals surface area contributed by atoms with Crippen molar-refractivity contribution >= 4 is 27.5 Å². The van der Waals surface area contributed by atoms with Gasteiger partial charge in [0, 0.05) is 24.8 Å². The first-order valence-corrected chi connectivity index (χ1v) is 11.4. The first kappa shape index (κ1) is 21.7. The standard InChI is InChI=1S/C20H29N3O5S/c1-5-14(2)21-18(24)13-23-17-7-6-15(12-16(17)20(3,4)19(23)25)29(26,27)22-8-10-28-11-9-22/h6-7,12,14H,5,8-11,13H2,1-4H3,(H,21,24). The van der Waals surface area contributed by atoms with Gasteiger partial charge in [0.05, 0.1) is 23.5 Å². The first-order valence-electron chi connectivity index (χ1n) is 9.92. The smallest absolute Gasteiger partial charge is 0.243 e. The average Bonchev–Trinajstić information content (AvgIpc) is 2.89. The monoisotopic (exact) mass is 423 g/mol. The molecule has 1 N–H and O–H groups in total. The zero-order chi connectivity index (χ0) is 21.4. The Hall–Kier alpha value is -1.97. The average molecular weight is 424 g/mol. The summed E-state index contributed by atoms with van der Waals surface area (Å²) >= 11 is 0. The highest BCUT2D eigenvalue weighted by atomic mass is 32.2. The number of carbonyl (C=O) groups excluding carboxylic acids is 2. The number of ether oxygens (including phenoxy) is 1. The number of morpholine rings is 1. The van der Waals surface area contributed by atoms with Gasteiger partial charge in [-0.1, -0.05) is 6.92 Å². The van der Waals surface area contributed by atoms with Gasteiger partial charge in [-0.2, -0.15) is 4.31 Å². The van der Waals surface area contributed by atoms with E-state index in [1.54, 1.807) is 26.0 Å². The summed E-state index contributed by atoms with van der Waals surface area (Å²) in [5.41, 5.74) is 0.288. The van der Waals surface area contributed by atoms with Gasteiger partial charge in [0.2, 0.25) is 21.8 Å². The SMILES string of the molecule is CCC(C)NC(=O)CN1C(=O)C(C)(C)c2cc(S(=O)(=O)N3CCOCC3)ccc21. The van der Waals surface area contributed by atoms with Crippen molar-refractivity contribution in [2.75, 3.05) is 37.7 Å². The predicted octanol–water partition coefficient (Wildman–Crippen LogP) is 1.25. The second-order valence-electron chi connectivity index (χ2n) is 8.09. The van der Waals surface area contributed by atoms with Crippen molar-refractivity contribution in [2.24, 2.45) is 0 Å². The van der Waals surface area contributed by atoms with E-state index in [1.165, 1.54) is 15.3 Å². The van der Waals surface area contributed by atoms with E-state index in [9.17, 15) is 18.0 Å². The summed E-state index contributed by atoms with van der Waals surface area (Å²) in [6.45, 7) is 8.66. The molecule has 0 radical (unpaired) electrons. The molecule has 0 aromatic heterocycles. The Morgan fingerprint density at radius 3 is 2.55 bits per heavy atom. The molecule has 1 atom stereocenters. The molecule has 1 aromatic rings. The Morgan fingerprint density at radius 1 is 1.28 bits per heavy atom. The van der Waals surface area contributed by atoms with Gasteiger partial charge >= 0.3 is 0 Å². The topological polar surface area (TPSA) is 96.0 Å². The van der Waals surface area contributed by atoms with Gasteiger partial charge in [-0.3, -0.25) is 9.59 Å². The van der Waals surface area contributed by atoms with Crippen LogP contribution in [0.25, 0.3) is 0 Å². The molecule has 0 aliphatic carbocycles. The number of sulfonamides is 1. The normalized spacial score (nSPS) is 20.4. The number of anilines is 1. The van der Waals surface area contributed by atoms with Crippen LogP contribution in [-0.2, 0) is 29.8 Å². The van der Waals surface area contributed by atoms with Crippen LogP contribution in [0, 0.1) is 0 Å². The van der Waals surface area contributed by atoms with Crippen molar-refractivity contribution in [3.8, 4) is 0 Å². The maximum Gasteiger partial charge on any atom is 0.243 e. The largest absolute Gasteiger partial charge is 0.379 e. The molecule has 3 rings (SSSR count). The predicted molar refractivity (Wildman–Crippen MR) is 109 cm³/mol. The minimum absolute atomic E-state index is 0.0220. The molecule has 0 bridgehead atoms. The van der Waals surface area contributed by atoms with E-state index in [4.69, 9.17) is 4.74 Å². The maximum absolute atomic E-state index is 13.0. The molecule has 2 heterocycles. The Labute approximate surface area is 172 Å². The van der Waals surface area contributed by atoms with Crippen LogP contribution >= 0.6 is 0 Å². The summed E-state index contributed by atoms with van der Waals surface area (Å²) in [6, 6.07) is 4.74. The number of hydrogen-bond donors (Lipinski definition) is 1. The Bertz CT molecular complexity index is 907. The van der Waals surface area contributed by atoms with Gasteiger partial charge in [-0.15, -0.1) is 0 Å². The minimum Gasteiger partial charge on any atom is -0.379 e. The lowest BCUT2D eigenvalue weighted by Crippen LogP contribution is -2.44. The number of amides is 2. The quantitative estimate of drug-likeness (QED) is 0.743. The number of hydrogen-bond acceptors (Lipinski definition) is 5. The fourth-order valence-corrected chi connectivity index (χ4v) is 5.07. The molecule has 9 heteroatoms. The van der Waals surface area contributed by atoms with Crippen molar-refractivity contribution in [1.29, 1.82) is 0 Å². The molecule has 2 aliphatic heterocycles. The fourth-order valence-electron chi connectivity index (χ4n) is 3.63. The van der Waals surface area contributed by atoms with Gasteiger partial charge in [0.1, 0.15) is 6.54 Å². The number of benzene rings is 1. The van der Waals surface area contributed by atoms with Crippen molar-refractivity contribution in [3.63, 3.8) is 0 Å². The van der Waals surface area contributed by atoms with E-state index in [0.29, 0.717) is 37.6 Å². The summed E-state index contributed by atoms with van der Waals surface area (Å²) in [4.78, 5) is 27.0. The van der Waals surface area contributed by atoms with Gasteiger partial charge in [0.15, 0.2) is 0 Å². The molecule has 29 heavy (non-hydrogen) atoms. The van der Waals surface area contributed by atoms with Gasteiger partial charge in [-0.25, -0.2) is 8.42 Å². The lowest BCUT2D eigenvalue weighted by atomic mass is 9.86. The van der Waals surface area contributed by atoms with Crippen molar-refractivity contribution in [1.82, 2.24) is 9.62 Å². The lowest BCUT2D eigenvalue weighted by Gasteiger charge is -2.26. The summed E-state index contributed by atoms with van der Waals surface area (Å²) in [5.74, 6) is -0.450. The van der Waals surface area contributed by atoms with Gasteiger partial charge in [0.25, 0.3) is 0 Å². The Morgan fingerprint density at radius 2 is 1.93 bits per heavy atom. The molecule has 160 valence electrons. The van der Waals surface area contributed by atoms with E-state index in [-0.39, 0.29) is 29.3 Å². The number of nitrogens with zero attached hydrogens (tertiary/aromatic N) is 2. The third-order valence-corrected chi connectivity index (χ3v) is 7.54. The molecule has 1 unspecified atom stereocenters. The number of fused-ring (bicyclic) bond motifs is 1. The van der Waals surface area contributed by atoms with Crippen LogP contribution in [-0.4, -0.2) is 63.4 Å². The fraction of sp³-hybridized carbons (Fsp3) is 0.600. The Balaban J connectivity index is 1.91. The molecule has 0 spiro atoms. The van der Waals surface area contributed by atoms with E-state index in [0.717, 1.165) is 6.42 Å². The van der Waals surface area contributed by atoms with Crippen molar-refractivity contribution in [2.45, 2.75) is 50.5 Å². The molecule has 1 aromatic carbocycles. The molecule has 0 saturated carbocycles. The zero-order valence-corrected chi connectivity index (χ0v) is 18.2. The third-order valence-electron chi connectivity index (χ3n) is 5.64. The van der Waals surface area contributed by atoms with E-state index >= 15 is 0 Å². The molecular weight excluding hydrogens is 394 g/mol. The summed E-state index contributed by atoms with van der Waals surface area (Å²) in [6.07, 6.45) is 0.796. The highest BCUT2D eigenvalue weighted by Crippen LogP contribution is 2.42.